The van der Waals surface area contributed by atoms with Crippen LogP contribution < -0.4 is 14.8 Å². The number of nitrogens with zero attached hydrogens (tertiary/aromatic N) is 1. The van der Waals surface area contributed by atoms with Crippen molar-refractivity contribution in [1.82, 2.24) is 10.2 Å². The van der Waals surface area contributed by atoms with Crippen molar-refractivity contribution in [1.29, 1.82) is 0 Å². The third-order valence-electron chi connectivity index (χ3n) is 6.68. The number of amides is 2. The molecule has 2 aliphatic carbocycles. The average molecular weight is 629 g/mol. The van der Waals surface area contributed by atoms with Crippen LogP contribution in [-0.2, 0) is 16.2 Å². The number of carbonyl (C=O) groups excluding carboxylic acids is 2. The van der Waals surface area contributed by atoms with Gasteiger partial charge < -0.3 is 35.0 Å². The molecule has 1 fully saturated rings. The summed E-state index contributed by atoms with van der Waals surface area (Å²) in [4.78, 5) is 28.1. The molecule has 4 N–H and O–H groups in total. The van der Waals surface area contributed by atoms with Crippen LogP contribution in [-0.4, -0.2) is 76.6 Å². The molecular formula is C27H37IN2O7. The van der Waals surface area contributed by atoms with Crippen LogP contribution in [0.2, 0.25) is 0 Å². The largest absolute Gasteiger partial charge is 0.493 e. The van der Waals surface area contributed by atoms with Crippen molar-refractivity contribution in [2.45, 2.75) is 76.9 Å². The van der Waals surface area contributed by atoms with Crippen molar-refractivity contribution in [3.63, 3.8) is 0 Å². The van der Waals surface area contributed by atoms with Crippen LogP contribution in [0.4, 0.5) is 0 Å². The molecule has 2 amide bonds. The highest BCUT2D eigenvalue weighted by atomic mass is 127. The van der Waals surface area contributed by atoms with E-state index in [2.05, 4.69) is 27.9 Å². The molecular weight excluding hydrogens is 591 g/mol. The van der Waals surface area contributed by atoms with Gasteiger partial charge in [0.15, 0.2) is 11.5 Å². The summed E-state index contributed by atoms with van der Waals surface area (Å²) in [5, 5.41) is 33.0. The Hall–Kier alpha value is -2.15. The smallest absolute Gasteiger partial charge is 0.247 e. The predicted molar refractivity (Wildman–Crippen MR) is 147 cm³/mol. The van der Waals surface area contributed by atoms with Crippen LogP contribution in [0, 0.1) is 3.57 Å². The highest BCUT2D eigenvalue weighted by molar-refractivity contribution is 14.1. The number of nitrogens with one attached hydrogen (secondary N) is 1. The molecule has 1 saturated carbocycles. The first-order chi connectivity index (χ1) is 17.7. The average Bonchev–Trinajstić information content (AvgIpc) is 3.39. The Bertz CT molecular complexity index is 1030. The van der Waals surface area contributed by atoms with E-state index in [0.29, 0.717) is 26.2 Å². The number of benzene rings is 1. The van der Waals surface area contributed by atoms with Gasteiger partial charge in [0, 0.05) is 30.7 Å². The lowest BCUT2D eigenvalue weighted by molar-refractivity contribution is -0.136. The Labute approximate surface area is 231 Å². The van der Waals surface area contributed by atoms with E-state index in [9.17, 15) is 24.9 Å². The van der Waals surface area contributed by atoms with Gasteiger partial charge in [0.1, 0.15) is 12.2 Å². The van der Waals surface area contributed by atoms with Gasteiger partial charge in [-0.05, 0) is 73.1 Å². The number of rotatable bonds is 10. The molecule has 2 aliphatic rings. The molecule has 37 heavy (non-hydrogen) atoms. The van der Waals surface area contributed by atoms with E-state index in [1.807, 2.05) is 13.8 Å². The number of hydrogen-bond acceptors (Lipinski definition) is 7. The maximum absolute atomic E-state index is 13.4. The third kappa shape index (κ3) is 7.24. The van der Waals surface area contributed by atoms with Gasteiger partial charge >= 0.3 is 0 Å². The molecule has 0 unspecified atom stereocenters. The van der Waals surface area contributed by atoms with Crippen LogP contribution in [0.25, 0.3) is 0 Å². The molecule has 0 aromatic heterocycles. The van der Waals surface area contributed by atoms with E-state index >= 15 is 0 Å². The van der Waals surface area contributed by atoms with E-state index in [1.54, 1.807) is 29.2 Å². The van der Waals surface area contributed by atoms with E-state index < -0.39 is 18.2 Å². The zero-order valence-electron chi connectivity index (χ0n) is 21.6. The highest BCUT2D eigenvalue weighted by Crippen LogP contribution is 2.38. The molecule has 204 valence electrons. The van der Waals surface area contributed by atoms with Crippen LogP contribution >= 0.6 is 22.6 Å². The van der Waals surface area contributed by atoms with E-state index in [0.717, 1.165) is 31.3 Å². The number of carbonyl (C=O) groups is 2. The van der Waals surface area contributed by atoms with Gasteiger partial charge in [-0.25, -0.2) is 0 Å². The van der Waals surface area contributed by atoms with E-state index in [4.69, 9.17) is 9.47 Å². The zero-order valence-corrected chi connectivity index (χ0v) is 23.7. The lowest BCUT2D eigenvalue weighted by Crippen LogP contribution is -2.57. The molecule has 3 atom stereocenters. The van der Waals surface area contributed by atoms with E-state index in [1.165, 1.54) is 7.11 Å². The van der Waals surface area contributed by atoms with Gasteiger partial charge in [-0.3, -0.25) is 9.59 Å². The number of halogens is 1. The summed E-state index contributed by atoms with van der Waals surface area (Å²) < 4.78 is 12.4. The minimum Gasteiger partial charge on any atom is -0.493 e. The lowest BCUT2D eigenvalue weighted by Gasteiger charge is -2.43. The summed E-state index contributed by atoms with van der Waals surface area (Å²) >= 11 is 2.07. The second-order valence-electron chi connectivity index (χ2n) is 9.69. The Kier molecular flexibility index (Phi) is 10.8. The van der Waals surface area contributed by atoms with Gasteiger partial charge in [0.2, 0.25) is 11.8 Å². The van der Waals surface area contributed by atoms with Crippen molar-refractivity contribution in [3.8, 4) is 11.5 Å². The summed E-state index contributed by atoms with van der Waals surface area (Å²) in [5.74, 6) is 0.196. The van der Waals surface area contributed by atoms with Gasteiger partial charge in [0.25, 0.3) is 0 Å². The van der Waals surface area contributed by atoms with E-state index in [-0.39, 0.29) is 44.0 Å². The molecule has 0 heterocycles. The Morgan fingerprint density at radius 2 is 1.92 bits per heavy atom. The Morgan fingerprint density at radius 3 is 2.51 bits per heavy atom. The summed E-state index contributed by atoms with van der Waals surface area (Å²) in [6, 6.07) is 2.69. The number of methoxy groups -OCH3 is 1. The molecule has 0 saturated heterocycles. The molecule has 0 aliphatic heterocycles. The number of aliphatic hydroxyl groups excluding tert-OH is 3. The molecule has 10 heteroatoms. The fraction of sp³-hybridized carbons (Fsp3) is 0.556. The standard InChI is InChI=1S/C27H37IN2O7/c1-16(2)10-24(33)30(19-6-4-5-7-19)21-13-18(27(35)29-8-9-31)14-22(25(21)34)37-26-20(28)11-17(15-32)12-23(26)36-3/h10-12,14,19,21-22,25,31-32,34H,4-9,13,15H2,1-3H3,(H,29,35)/t21-,22+,25+/m1/s1. The number of aliphatic hydroxyl groups is 3. The van der Waals surface area contributed by atoms with Crippen molar-refractivity contribution in [2.24, 2.45) is 0 Å². The molecule has 0 spiro atoms. The summed E-state index contributed by atoms with van der Waals surface area (Å²) in [7, 11) is 1.49. The fourth-order valence-corrected chi connectivity index (χ4v) is 5.77. The summed E-state index contributed by atoms with van der Waals surface area (Å²) in [6.45, 7) is 3.42. The third-order valence-corrected chi connectivity index (χ3v) is 7.48. The molecule has 0 radical (unpaired) electrons. The normalized spacial score (nSPS) is 21.7. The van der Waals surface area contributed by atoms with Crippen LogP contribution in [0.3, 0.4) is 0 Å². The minimum absolute atomic E-state index is 0.0400. The first kappa shape index (κ1) is 29.4. The van der Waals surface area contributed by atoms with Gasteiger partial charge in [-0.1, -0.05) is 18.4 Å². The van der Waals surface area contributed by atoms with Gasteiger partial charge in [0.05, 0.1) is 29.9 Å². The van der Waals surface area contributed by atoms with Crippen LogP contribution in [0.1, 0.15) is 51.5 Å². The monoisotopic (exact) mass is 628 g/mol. The van der Waals surface area contributed by atoms with Crippen molar-refractivity contribution in [2.75, 3.05) is 20.3 Å². The second kappa shape index (κ2) is 13.6. The predicted octanol–water partition coefficient (Wildman–Crippen LogP) is 2.45. The zero-order chi connectivity index (χ0) is 27.1. The summed E-state index contributed by atoms with van der Waals surface area (Å²) in [6.07, 6.45) is 4.93. The SMILES string of the molecule is COc1cc(CO)cc(I)c1O[C@H]1C=C(C(=O)NCCO)C[C@@H](N(C(=O)C=C(C)C)C2CCCC2)[C@@H]1O. The van der Waals surface area contributed by atoms with Crippen molar-refractivity contribution in [3.05, 3.63) is 44.6 Å². The summed E-state index contributed by atoms with van der Waals surface area (Å²) in [5.41, 5.74) is 1.88. The number of hydrogen-bond donors (Lipinski definition) is 4. The lowest BCUT2D eigenvalue weighted by atomic mass is 9.87. The quantitative estimate of drug-likeness (QED) is 0.232. The topological polar surface area (TPSA) is 129 Å². The maximum Gasteiger partial charge on any atom is 0.247 e. The first-order valence-electron chi connectivity index (χ1n) is 12.6. The maximum atomic E-state index is 13.4. The van der Waals surface area contributed by atoms with Crippen molar-refractivity contribution >= 4 is 34.4 Å². The van der Waals surface area contributed by atoms with Crippen LogP contribution in [0.5, 0.6) is 11.5 Å². The molecule has 0 bridgehead atoms. The molecule has 1 aromatic carbocycles. The number of ether oxygens (including phenoxy) is 2. The van der Waals surface area contributed by atoms with Crippen molar-refractivity contribution < 1.29 is 34.4 Å². The van der Waals surface area contributed by atoms with Crippen LogP contribution in [0.15, 0.2) is 35.4 Å². The minimum atomic E-state index is -1.11. The fourth-order valence-electron chi connectivity index (χ4n) is 4.98. The van der Waals surface area contributed by atoms with Gasteiger partial charge in [-0.15, -0.1) is 0 Å². The molecule has 3 rings (SSSR count). The Morgan fingerprint density at radius 1 is 1.22 bits per heavy atom. The Balaban J connectivity index is 2.03. The number of allylic oxidation sites excluding steroid dienone is 1. The first-order valence-corrected chi connectivity index (χ1v) is 13.7. The second-order valence-corrected chi connectivity index (χ2v) is 10.9. The van der Waals surface area contributed by atoms with Gasteiger partial charge in [-0.2, -0.15) is 0 Å². The molecule has 1 aromatic rings. The highest BCUT2D eigenvalue weighted by Gasteiger charge is 2.43. The molecule has 9 nitrogen and oxygen atoms in total.